The van der Waals surface area contributed by atoms with Crippen molar-refractivity contribution < 1.29 is 19.0 Å². The van der Waals surface area contributed by atoms with E-state index in [-0.39, 0.29) is 5.75 Å². The fourth-order valence-electron chi connectivity index (χ4n) is 1.17. The molecule has 0 bridgehead atoms. The minimum absolute atomic E-state index is 0.100. The highest BCUT2D eigenvalue weighted by Crippen LogP contribution is 2.28. The third-order valence-electron chi connectivity index (χ3n) is 1.96. The van der Waals surface area contributed by atoms with Crippen molar-refractivity contribution in [3.63, 3.8) is 0 Å². The molecule has 82 valence electrons. The lowest BCUT2D eigenvalue weighted by Crippen LogP contribution is -2.27. The number of nitrogens with two attached hydrogens (primary N) is 1. The van der Waals surface area contributed by atoms with E-state index in [1.165, 1.54) is 26.2 Å². The summed E-state index contributed by atoms with van der Waals surface area (Å²) in [6.07, 6.45) is 0. The van der Waals surface area contributed by atoms with Crippen molar-refractivity contribution in [3.8, 4) is 11.5 Å². The molecule has 0 aliphatic heterocycles. The van der Waals surface area contributed by atoms with Crippen molar-refractivity contribution in [1.29, 1.82) is 0 Å². The van der Waals surface area contributed by atoms with E-state index in [9.17, 15) is 14.3 Å². The highest BCUT2D eigenvalue weighted by Gasteiger charge is 2.22. The van der Waals surface area contributed by atoms with Gasteiger partial charge in [0.2, 0.25) is 0 Å². The Labute approximate surface area is 86.5 Å². The third kappa shape index (κ3) is 2.07. The van der Waals surface area contributed by atoms with Gasteiger partial charge in [0.15, 0.2) is 17.3 Å². The number of halogens is 1. The first-order chi connectivity index (χ1) is 6.99. The van der Waals surface area contributed by atoms with E-state index in [4.69, 9.17) is 10.5 Å². The highest BCUT2D eigenvalue weighted by molar-refractivity contribution is 6.02. The molecular weight excluding hydrogens is 201 g/mol. The van der Waals surface area contributed by atoms with Gasteiger partial charge >= 0.3 is 0 Å². The predicted molar refractivity (Wildman–Crippen MR) is 52.6 cm³/mol. The Morgan fingerprint density at radius 1 is 1.60 bits per heavy atom. The van der Waals surface area contributed by atoms with Crippen LogP contribution in [-0.2, 0) is 0 Å². The summed E-state index contributed by atoms with van der Waals surface area (Å²) in [7, 11) is 1.27. The zero-order valence-corrected chi connectivity index (χ0v) is 8.45. The maximum Gasteiger partial charge on any atom is 0.186 e. The van der Waals surface area contributed by atoms with Crippen LogP contribution in [0, 0.1) is 5.82 Å². The summed E-state index contributed by atoms with van der Waals surface area (Å²) in [5, 5.41) is 9.36. The molecule has 4 nitrogen and oxygen atoms in total. The molecule has 0 aliphatic carbocycles. The second kappa shape index (κ2) is 4.27. The van der Waals surface area contributed by atoms with Gasteiger partial charge in [-0.1, -0.05) is 0 Å². The number of carbonyl (C=O) groups excluding carboxylic acids is 1. The van der Waals surface area contributed by atoms with E-state index in [1.54, 1.807) is 0 Å². The minimum Gasteiger partial charge on any atom is -0.507 e. The second-order valence-electron chi connectivity index (χ2n) is 3.13. The second-order valence-corrected chi connectivity index (χ2v) is 3.13. The lowest BCUT2D eigenvalue weighted by Gasteiger charge is -2.10. The van der Waals surface area contributed by atoms with Crippen LogP contribution in [0.4, 0.5) is 4.39 Å². The Morgan fingerprint density at radius 3 is 2.67 bits per heavy atom. The summed E-state index contributed by atoms with van der Waals surface area (Å²) in [6.45, 7) is 1.42. The fourth-order valence-corrected chi connectivity index (χ4v) is 1.17. The molecule has 0 saturated heterocycles. The number of ketones is 1. The molecular formula is C10H12FNO3. The van der Waals surface area contributed by atoms with Crippen LogP contribution in [-0.4, -0.2) is 24.0 Å². The van der Waals surface area contributed by atoms with Crippen LogP contribution in [0.1, 0.15) is 17.3 Å². The van der Waals surface area contributed by atoms with Gasteiger partial charge in [0.1, 0.15) is 11.3 Å². The fraction of sp³-hybridized carbons (Fsp3) is 0.300. The minimum atomic E-state index is -0.889. The average molecular weight is 213 g/mol. The third-order valence-corrected chi connectivity index (χ3v) is 1.96. The van der Waals surface area contributed by atoms with E-state index < -0.39 is 29.0 Å². The summed E-state index contributed by atoms with van der Waals surface area (Å²) >= 11 is 0. The van der Waals surface area contributed by atoms with Gasteiger partial charge < -0.3 is 15.6 Å². The van der Waals surface area contributed by atoms with Gasteiger partial charge in [-0.25, -0.2) is 4.39 Å². The van der Waals surface area contributed by atoms with Crippen LogP contribution in [0.2, 0.25) is 0 Å². The maximum absolute atomic E-state index is 13.6. The molecule has 1 unspecified atom stereocenters. The number of phenolic OH excluding ortho intramolecular Hbond substituents is 1. The first-order valence-corrected chi connectivity index (χ1v) is 4.34. The predicted octanol–water partition coefficient (Wildman–Crippen LogP) is 1.07. The van der Waals surface area contributed by atoms with Crippen molar-refractivity contribution in [2.24, 2.45) is 5.73 Å². The number of carbonyl (C=O) groups is 1. The van der Waals surface area contributed by atoms with Gasteiger partial charge in [0, 0.05) is 0 Å². The van der Waals surface area contributed by atoms with Gasteiger partial charge in [-0.3, -0.25) is 4.79 Å². The Morgan fingerprint density at radius 2 is 2.20 bits per heavy atom. The summed E-state index contributed by atoms with van der Waals surface area (Å²) < 4.78 is 18.3. The molecule has 15 heavy (non-hydrogen) atoms. The zero-order valence-electron chi connectivity index (χ0n) is 8.45. The van der Waals surface area contributed by atoms with E-state index in [0.29, 0.717) is 0 Å². The van der Waals surface area contributed by atoms with Crippen LogP contribution in [0.5, 0.6) is 11.5 Å². The number of benzene rings is 1. The van der Waals surface area contributed by atoms with Crippen LogP contribution in [0.25, 0.3) is 0 Å². The Balaban J connectivity index is 3.33. The molecule has 0 aliphatic rings. The molecule has 5 heteroatoms. The first-order valence-electron chi connectivity index (χ1n) is 4.34. The molecule has 0 heterocycles. The first kappa shape index (κ1) is 11.5. The van der Waals surface area contributed by atoms with Gasteiger partial charge in [-0.2, -0.15) is 0 Å². The SMILES string of the molecule is COc1ccc(O)c(C(=O)C(C)N)c1F. The van der Waals surface area contributed by atoms with Crippen molar-refractivity contribution in [1.82, 2.24) is 0 Å². The average Bonchev–Trinajstić information content (AvgIpc) is 2.17. The van der Waals surface area contributed by atoms with Gasteiger partial charge in [-0.05, 0) is 19.1 Å². The number of hydrogen-bond donors (Lipinski definition) is 2. The molecule has 0 saturated carbocycles. The molecule has 1 atom stereocenters. The number of methoxy groups -OCH3 is 1. The molecule has 1 aromatic carbocycles. The number of ether oxygens (including phenoxy) is 1. The number of Topliss-reactive ketones (excluding diaryl/α,β-unsaturated/α-hetero) is 1. The topological polar surface area (TPSA) is 72.5 Å². The quantitative estimate of drug-likeness (QED) is 0.736. The molecule has 0 aromatic heterocycles. The van der Waals surface area contributed by atoms with E-state index in [0.717, 1.165) is 0 Å². The van der Waals surface area contributed by atoms with Crippen molar-refractivity contribution in [2.75, 3.05) is 7.11 Å². The molecule has 0 amide bonds. The van der Waals surface area contributed by atoms with Crippen molar-refractivity contribution >= 4 is 5.78 Å². The smallest absolute Gasteiger partial charge is 0.186 e. The standard InChI is InChI=1S/C10H12FNO3/c1-5(12)10(14)8-6(13)3-4-7(15-2)9(8)11/h3-5,13H,12H2,1-2H3. The molecule has 0 spiro atoms. The largest absolute Gasteiger partial charge is 0.507 e. The van der Waals surface area contributed by atoms with E-state index in [1.807, 2.05) is 0 Å². The molecule has 0 fully saturated rings. The zero-order chi connectivity index (χ0) is 11.6. The molecule has 3 N–H and O–H groups in total. The Hall–Kier alpha value is -1.62. The lowest BCUT2D eigenvalue weighted by molar-refractivity contribution is 0.0960. The van der Waals surface area contributed by atoms with Crippen molar-refractivity contribution in [2.45, 2.75) is 13.0 Å². The normalized spacial score (nSPS) is 12.3. The number of aromatic hydroxyl groups is 1. The monoisotopic (exact) mass is 213 g/mol. The van der Waals surface area contributed by atoms with E-state index >= 15 is 0 Å². The molecule has 1 aromatic rings. The summed E-state index contributed by atoms with van der Waals surface area (Å²) in [6, 6.07) is 1.55. The number of hydrogen-bond acceptors (Lipinski definition) is 4. The van der Waals surface area contributed by atoms with Crippen molar-refractivity contribution in [3.05, 3.63) is 23.5 Å². The van der Waals surface area contributed by atoms with Crippen LogP contribution in [0.3, 0.4) is 0 Å². The van der Waals surface area contributed by atoms with Crippen LogP contribution in [0.15, 0.2) is 12.1 Å². The summed E-state index contributed by atoms with van der Waals surface area (Å²) in [5.41, 5.74) is 4.90. The Bertz CT molecular complexity index is 390. The lowest BCUT2D eigenvalue weighted by atomic mass is 10.0. The maximum atomic E-state index is 13.6. The van der Waals surface area contributed by atoms with Gasteiger partial charge in [-0.15, -0.1) is 0 Å². The van der Waals surface area contributed by atoms with Crippen LogP contribution >= 0.6 is 0 Å². The van der Waals surface area contributed by atoms with E-state index in [2.05, 4.69) is 0 Å². The Kier molecular flexibility index (Phi) is 3.26. The molecule has 1 rings (SSSR count). The van der Waals surface area contributed by atoms with Crippen LogP contribution < -0.4 is 10.5 Å². The van der Waals surface area contributed by atoms with Gasteiger partial charge in [0.05, 0.1) is 13.2 Å². The van der Waals surface area contributed by atoms with Gasteiger partial charge in [0.25, 0.3) is 0 Å². The molecule has 0 radical (unpaired) electrons. The summed E-state index contributed by atoms with van der Waals surface area (Å²) in [5.74, 6) is -2.09. The number of rotatable bonds is 3. The summed E-state index contributed by atoms with van der Waals surface area (Å²) in [4.78, 5) is 11.5. The highest BCUT2D eigenvalue weighted by atomic mass is 19.1. The number of phenols is 1.